The fraction of sp³-hybridized carbons (Fsp3) is 0.273. The zero-order chi connectivity index (χ0) is 19.4. The Hall–Kier alpha value is -3.08. The smallest absolute Gasteiger partial charge is 0.278 e. The maximum atomic E-state index is 12.8. The van der Waals surface area contributed by atoms with Crippen molar-refractivity contribution in [3.63, 3.8) is 0 Å². The summed E-state index contributed by atoms with van der Waals surface area (Å²) in [5.74, 6) is 1.10. The second kappa shape index (κ2) is 8.08. The number of amides is 1. The maximum absolute atomic E-state index is 12.8. The predicted molar refractivity (Wildman–Crippen MR) is 105 cm³/mol. The summed E-state index contributed by atoms with van der Waals surface area (Å²) in [4.78, 5) is 12.8. The minimum atomic E-state index is -0.298. The molecule has 1 aromatic heterocycles. The van der Waals surface area contributed by atoms with Crippen molar-refractivity contribution in [2.75, 3.05) is 5.32 Å². The van der Waals surface area contributed by atoms with Crippen LogP contribution in [0.5, 0.6) is 5.75 Å². The van der Waals surface area contributed by atoms with Crippen LogP contribution in [0.4, 0.5) is 5.69 Å². The molecule has 1 heterocycles. The summed E-state index contributed by atoms with van der Waals surface area (Å²) in [5, 5.41) is 6.89. The number of carbonyl (C=O) groups excluding carboxylic acids is 1. The average molecular weight is 364 g/mol. The van der Waals surface area contributed by atoms with Gasteiger partial charge in [-0.3, -0.25) is 4.79 Å². The first-order valence-electron chi connectivity index (χ1n) is 9.04. The van der Waals surface area contributed by atoms with Crippen LogP contribution < -0.4 is 10.1 Å². The van der Waals surface area contributed by atoms with Gasteiger partial charge in [-0.25, -0.2) is 0 Å². The van der Waals surface area contributed by atoms with Gasteiger partial charge >= 0.3 is 0 Å². The highest BCUT2D eigenvalue weighted by atomic mass is 16.5. The van der Waals surface area contributed by atoms with Gasteiger partial charge in [-0.05, 0) is 49.9 Å². The number of aryl methyl sites for hydroxylation is 4. The van der Waals surface area contributed by atoms with Gasteiger partial charge < -0.3 is 14.6 Å². The molecule has 0 radical (unpaired) electrons. The third-order valence-corrected chi connectivity index (χ3v) is 4.62. The Morgan fingerprint density at radius 3 is 2.48 bits per heavy atom. The Bertz CT molecular complexity index is 940. The molecule has 0 unspecified atom stereocenters. The number of para-hydroxylation sites is 2. The number of benzene rings is 2. The first-order chi connectivity index (χ1) is 13.0. The highest BCUT2D eigenvalue weighted by Crippen LogP contribution is 2.25. The highest BCUT2D eigenvalue weighted by molar-refractivity contribution is 6.04. The van der Waals surface area contributed by atoms with Crippen molar-refractivity contribution in [2.24, 2.45) is 0 Å². The molecule has 0 atom stereocenters. The summed E-state index contributed by atoms with van der Waals surface area (Å²) < 4.78 is 11.3. The van der Waals surface area contributed by atoms with Crippen LogP contribution in [-0.4, -0.2) is 11.1 Å². The van der Waals surface area contributed by atoms with Gasteiger partial charge in [0.05, 0.1) is 5.56 Å². The van der Waals surface area contributed by atoms with E-state index in [1.165, 1.54) is 0 Å². The lowest BCUT2D eigenvalue weighted by Crippen LogP contribution is -2.16. The van der Waals surface area contributed by atoms with E-state index in [2.05, 4.69) is 17.4 Å². The van der Waals surface area contributed by atoms with E-state index in [1.807, 2.05) is 56.3 Å². The van der Waals surface area contributed by atoms with Gasteiger partial charge in [-0.2, -0.15) is 0 Å². The van der Waals surface area contributed by atoms with Gasteiger partial charge in [0.1, 0.15) is 18.1 Å². The molecule has 5 nitrogen and oxygen atoms in total. The predicted octanol–water partition coefficient (Wildman–Crippen LogP) is 4.99. The second-order valence-corrected chi connectivity index (χ2v) is 6.54. The molecule has 1 amide bonds. The summed E-state index contributed by atoms with van der Waals surface area (Å²) in [6.07, 6.45) is 0.830. The number of hydrogen-bond acceptors (Lipinski definition) is 4. The zero-order valence-corrected chi connectivity index (χ0v) is 16.1. The number of rotatable bonds is 6. The molecule has 27 heavy (non-hydrogen) atoms. The number of nitrogens with zero attached hydrogens (tertiary/aromatic N) is 1. The van der Waals surface area contributed by atoms with E-state index in [0.29, 0.717) is 11.3 Å². The maximum Gasteiger partial charge on any atom is 0.278 e. The first-order valence-corrected chi connectivity index (χ1v) is 9.04. The van der Waals surface area contributed by atoms with Crippen molar-refractivity contribution in [3.8, 4) is 5.75 Å². The largest absolute Gasteiger partial charge is 0.488 e. The molecule has 0 saturated heterocycles. The van der Waals surface area contributed by atoms with Crippen LogP contribution in [0.3, 0.4) is 0 Å². The molecule has 0 saturated carbocycles. The molecule has 140 valence electrons. The van der Waals surface area contributed by atoms with Crippen molar-refractivity contribution < 1.29 is 14.1 Å². The Morgan fingerprint density at radius 1 is 1.07 bits per heavy atom. The quantitative estimate of drug-likeness (QED) is 0.669. The van der Waals surface area contributed by atoms with E-state index in [4.69, 9.17) is 9.26 Å². The van der Waals surface area contributed by atoms with Crippen LogP contribution in [0.15, 0.2) is 47.0 Å². The molecule has 0 aliphatic heterocycles. The van der Waals surface area contributed by atoms with Gasteiger partial charge in [0.2, 0.25) is 0 Å². The lowest BCUT2D eigenvalue weighted by Gasteiger charge is -2.12. The Morgan fingerprint density at radius 2 is 1.78 bits per heavy atom. The van der Waals surface area contributed by atoms with E-state index in [1.54, 1.807) is 6.92 Å². The summed E-state index contributed by atoms with van der Waals surface area (Å²) >= 11 is 0. The summed E-state index contributed by atoms with van der Waals surface area (Å²) in [6, 6.07) is 13.7. The van der Waals surface area contributed by atoms with Crippen molar-refractivity contribution in [3.05, 3.63) is 76.2 Å². The number of anilines is 1. The number of ether oxygens (including phenoxy) is 1. The van der Waals surface area contributed by atoms with E-state index in [-0.39, 0.29) is 18.2 Å². The molecule has 0 fully saturated rings. The van der Waals surface area contributed by atoms with Crippen molar-refractivity contribution in [1.82, 2.24) is 5.16 Å². The van der Waals surface area contributed by atoms with Crippen LogP contribution in [0.2, 0.25) is 0 Å². The van der Waals surface area contributed by atoms with Crippen molar-refractivity contribution in [2.45, 2.75) is 40.7 Å². The van der Waals surface area contributed by atoms with Crippen molar-refractivity contribution >= 4 is 11.6 Å². The van der Waals surface area contributed by atoms with E-state index >= 15 is 0 Å². The second-order valence-electron chi connectivity index (χ2n) is 6.54. The highest BCUT2D eigenvalue weighted by Gasteiger charge is 2.21. The zero-order valence-electron chi connectivity index (χ0n) is 16.1. The number of aromatic nitrogens is 1. The van der Waals surface area contributed by atoms with Crippen LogP contribution in [0.25, 0.3) is 0 Å². The van der Waals surface area contributed by atoms with Gasteiger partial charge in [-0.1, -0.05) is 48.5 Å². The van der Waals surface area contributed by atoms with E-state index in [0.717, 1.165) is 34.5 Å². The lowest BCUT2D eigenvalue weighted by atomic mass is 10.1. The van der Waals surface area contributed by atoms with E-state index < -0.39 is 0 Å². The fourth-order valence-electron chi connectivity index (χ4n) is 3.04. The standard InChI is InChI=1S/C22H24N2O3/c1-5-17-11-6-7-12-19(17)23-22(25)20-18(16(4)27-24-20)13-26-21-14(2)9-8-10-15(21)3/h6-12H,5,13H2,1-4H3,(H,23,25). The third kappa shape index (κ3) is 4.03. The number of nitrogens with one attached hydrogen (secondary N) is 1. The Balaban J connectivity index is 1.81. The monoisotopic (exact) mass is 364 g/mol. The Labute approximate surface area is 159 Å². The SMILES string of the molecule is CCc1ccccc1NC(=O)c1noc(C)c1COc1c(C)cccc1C. The minimum Gasteiger partial charge on any atom is -0.488 e. The summed E-state index contributed by atoms with van der Waals surface area (Å²) in [5.41, 5.74) is 4.86. The first kappa shape index (κ1) is 18.7. The molecular weight excluding hydrogens is 340 g/mol. The van der Waals surface area contributed by atoms with E-state index in [9.17, 15) is 4.79 Å². The molecule has 0 spiro atoms. The molecule has 0 bridgehead atoms. The average Bonchev–Trinajstić information content (AvgIpc) is 3.02. The lowest BCUT2D eigenvalue weighted by molar-refractivity contribution is 0.101. The molecular formula is C22H24N2O3. The number of hydrogen-bond donors (Lipinski definition) is 1. The van der Waals surface area contributed by atoms with Crippen LogP contribution in [0, 0.1) is 20.8 Å². The van der Waals surface area contributed by atoms with Crippen molar-refractivity contribution in [1.29, 1.82) is 0 Å². The molecule has 3 aromatic rings. The molecule has 3 rings (SSSR count). The summed E-state index contributed by atoms with van der Waals surface area (Å²) in [7, 11) is 0. The summed E-state index contributed by atoms with van der Waals surface area (Å²) in [6.45, 7) is 8.05. The van der Waals surface area contributed by atoms with Gasteiger partial charge in [0, 0.05) is 5.69 Å². The van der Waals surface area contributed by atoms with Crippen LogP contribution in [-0.2, 0) is 13.0 Å². The van der Waals surface area contributed by atoms with Crippen LogP contribution >= 0.6 is 0 Å². The third-order valence-electron chi connectivity index (χ3n) is 4.62. The molecule has 2 aromatic carbocycles. The normalized spacial score (nSPS) is 10.7. The van der Waals surface area contributed by atoms with Gasteiger partial charge in [0.15, 0.2) is 5.69 Å². The van der Waals surface area contributed by atoms with Gasteiger partial charge in [0.25, 0.3) is 5.91 Å². The fourth-order valence-corrected chi connectivity index (χ4v) is 3.04. The minimum absolute atomic E-state index is 0.221. The topological polar surface area (TPSA) is 64.4 Å². The van der Waals surface area contributed by atoms with Gasteiger partial charge in [-0.15, -0.1) is 0 Å². The van der Waals surface area contributed by atoms with Crippen LogP contribution in [0.1, 0.15) is 45.4 Å². The molecule has 1 N–H and O–H groups in total. The number of carbonyl (C=O) groups is 1. The molecule has 5 heteroatoms. The molecule has 0 aliphatic carbocycles. The molecule has 0 aliphatic rings. The Kier molecular flexibility index (Phi) is 5.60.